The molecule has 1 spiro atoms. The first kappa shape index (κ1) is 14.3. The van der Waals surface area contributed by atoms with Gasteiger partial charge in [0.05, 0.1) is 12.6 Å². The van der Waals surface area contributed by atoms with Crippen molar-refractivity contribution in [2.75, 3.05) is 20.2 Å². The first-order valence-electron chi connectivity index (χ1n) is 8.77. The molecule has 5 rings (SSSR count). The van der Waals surface area contributed by atoms with E-state index in [9.17, 15) is 4.79 Å². The fraction of sp³-hybridized carbons (Fsp3) is 0.450. The van der Waals surface area contributed by atoms with E-state index in [-0.39, 0.29) is 11.3 Å². The van der Waals surface area contributed by atoms with Crippen molar-refractivity contribution in [3.8, 4) is 5.75 Å². The highest BCUT2D eigenvalue weighted by molar-refractivity contribution is 5.94. The van der Waals surface area contributed by atoms with E-state index < -0.39 is 0 Å². The molecule has 2 atom stereocenters. The fourth-order valence-corrected chi connectivity index (χ4v) is 5.15. The van der Waals surface area contributed by atoms with Crippen molar-refractivity contribution in [3.05, 3.63) is 41.1 Å². The number of carbonyl (C=O) groups is 1. The quantitative estimate of drug-likeness (QED) is 0.924. The van der Waals surface area contributed by atoms with E-state index >= 15 is 0 Å². The van der Waals surface area contributed by atoms with Crippen molar-refractivity contribution in [2.45, 2.75) is 31.7 Å². The lowest BCUT2D eigenvalue weighted by Gasteiger charge is -2.41. The molecular weight excluding hydrogens is 300 g/mol. The maximum Gasteiger partial charge on any atom is 0.155 e. The van der Waals surface area contributed by atoms with Crippen LogP contribution >= 0.6 is 0 Å². The van der Waals surface area contributed by atoms with Gasteiger partial charge in [0.15, 0.2) is 5.78 Å². The van der Waals surface area contributed by atoms with Crippen LogP contribution in [0.4, 0.5) is 0 Å². The maximum atomic E-state index is 12.0. The van der Waals surface area contributed by atoms with E-state index in [4.69, 9.17) is 4.74 Å². The molecule has 0 saturated carbocycles. The Morgan fingerprint density at radius 3 is 3.08 bits per heavy atom. The standard InChI is InChI=1S/C20H22N2O2/c1-12(23)14-7-13-9-20(10-14)19-16(5-6-22(20)11-13)17-8-15(24-2)3-4-18(17)21-19/h3-4,8,10,13,21H,5-7,9,11H2,1-2H3/t13-,20-/m0/s1. The molecule has 2 aromatic rings. The molecule has 4 nitrogen and oxygen atoms in total. The number of nitrogens with zero attached hydrogens (tertiary/aromatic N) is 1. The van der Waals surface area contributed by atoms with Gasteiger partial charge in [-0.2, -0.15) is 0 Å². The fourth-order valence-electron chi connectivity index (χ4n) is 5.15. The highest BCUT2D eigenvalue weighted by Gasteiger charge is 2.52. The zero-order valence-electron chi connectivity index (χ0n) is 14.2. The normalized spacial score (nSPS) is 28.4. The Bertz CT molecular complexity index is 894. The molecule has 4 heteroatoms. The van der Waals surface area contributed by atoms with Gasteiger partial charge in [-0.05, 0) is 61.4 Å². The Balaban J connectivity index is 1.76. The van der Waals surface area contributed by atoms with Crippen LogP contribution in [0.1, 0.15) is 31.0 Å². The van der Waals surface area contributed by atoms with Gasteiger partial charge >= 0.3 is 0 Å². The van der Waals surface area contributed by atoms with Gasteiger partial charge in [0.25, 0.3) is 0 Å². The minimum atomic E-state index is -0.107. The third kappa shape index (κ3) is 1.75. The first-order valence-corrected chi connectivity index (χ1v) is 8.77. The van der Waals surface area contributed by atoms with Crippen LogP contribution in [0.25, 0.3) is 10.9 Å². The Morgan fingerprint density at radius 1 is 1.42 bits per heavy atom. The maximum absolute atomic E-state index is 12.0. The summed E-state index contributed by atoms with van der Waals surface area (Å²) in [6, 6.07) is 6.26. The van der Waals surface area contributed by atoms with Gasteiger partial charge in [-0.25, -0.2) is 0 Å². The monoisotopic (exact) mass is 322 g/mol. The zero-order chi connectivity index (χ0) is 16.5. The van der Waals surface area contributed by atoms with Crippen LogP contribution in [-0.2, 0) is 16.8 Å². The number of hydrogen-bond donors (Lipinski definition) is 1. The molecule has 24 heavy (non-hydrogen) atoms. The van der Waals surface area contributed by atoms with E-state index in [0.717, 1.165) is 43.7 Å². The number of ether oxygens (including phenoxy) is 1. The number of methoxy groups -OCH3 is 1. The first-order chi connectivity index (χ1) is 11.6. The number of allylic oxidation sites excluding steroid dienone is 1. The number of rotatable bonds is 2. The number of nitrogens with one attached hydrogen (secondary N) is 1. The summed E-state index contributed by atoms with van der Waals surface area (Å²) >= 11 is 0. The van der Waals surface area contributed by atoms with Crippen molar-refractivity contribution >= 4 is 16.7 Å². The van der Waals surface area contributed by atoms with Crippen molar-refractivity contribution in [1.29, 1.82) is 0 Å². The summed E-state index contributed by atoms with van der Waals surface area (Å²) in [5.41, 5.74) is 4.78. The van der Waals surface area contributed by atoms with Crippen LogP contribution in [0.5, 0.6) is 5.75 Å². The summed E-state index contributed by atoms with van der Waals surface area (Å²) in [6.07, 6.45) is 5.39. The molecule has 3 heterocycles. The smallest absolute Gasteiger partial charge is 0.155 e. The summed E-state index contributed by atoms with van der Waals surface area (Å²) in [5, 5.41) is 1.27. The molecule has 3 aliphatic rings. The number of ketones is 1. The number of hydrogen-bond acceptors (Lipinski definition) is 3. The second-order valence-corrected chi connectivity index (χ2v) is 7.51. The average Bonchev–Trinajstić information content (AvgIpc) is 3.08. The number of H-pyrrole nitrogens is 1. The van der Waals surface area contributed by atoms with Gasteiger partial charge in [0.1, 0.15) is 5.75 Å². The molecule has 1 N–H and O–H groups in total. The molecule has 124 valence electrons. The van der Waals surface area contributed by atoms with Gasteiger partial charge in [0.2, 0.25) is 0 Å². The largest absolute Gasteiger partial charge is 0.497 e. The minimum Gasteiger partial charge on any atom is -0.497 e. The van der Waals surface area contributed by atoms with E-state index in [1.54, 1.807) is 14.0 Å². The van der Waals surface area contributed by atoms with Crippen LogP contribution in [-0.4, -0.2) is 35.9 Å². The third-order valence-corrected chi connectivity index (χ3v) is 6.19. The van der Waals surface area contributed by atoms with Crippen LogP contribution in [0.15, 0.2) is 29.8 Å². The molecular formula is C20H22N2O2. The minimum absolute atomic E-state index is 0.107. The van der Waals surface area contributed by atoms with E-state index in [0.29, 0.717) is 5.92 Å². The molecule has 1 fully saturated rings. The SMILES string of the molecule is COc1ccc2[nH]c3c(c2c1)CCN1C[C@H]2CC(C(C)=O)=C[C@@]31C2. The lowest BCUT2D eigenvalue weighted by molar-refractivity contribution is -0.114. The Kier molecular flexibility index (Phi) is 2.82. The predicted octanol–water partition coefficient (Wildman–Crippen LogP) is 3.17. The van der Waals surface area contributed by atoms with Crippen LogP contribution in [0.2, 0.25) is 0 Å². The topological polar surface area (TPSA) is 45.3 Å². The number of aromatic nitrogens is 1. The third-order valence-electron chi connectivity index (χ3n) is 6.19. The molecule has 1 aromatic carbocycles. The van der Waals surface area contributed by atoms with E-state index in [1.165, 1.54) is 22.2 Å². The second kappa shape index (κ2) is 4.73. The molecule has 1 aliphatic carbocycles. The van der Waals surface area contributed by atoms with Crippen molar-refractivity contribution in [2.24, 2.45) is 5.92 Å². The molecule has 0 amide bonds. The number of aromatic amines is 1. The Morgan fingerprint density at radius 2 is 2.29 bits per heavy atom. The van der Waals surface area contributed by atoms with Crippen molar-refractivity contribution in [1.82, 2.24) is 9.88 Å². The molecule has 1 saturated heterocycles. The van der Waals surface area contributed by atoms with Gasteiger partial charge in [-0.3, -0.25) is 9.69 Å². The van der Waals surface area contributed by atoms with Crippen molar-refractivity contribution in [3.63, 3.8) is 0 Å². The predicted molar refractivity (Wildman–Crippen MR) is 93.3 cm³/mol. The van der Waals surface area contributed by atoms with Gasteiger partial charge in [-0.15, -0.1) is 0 Å². The lowest BCUT2D eigenvalue weighted by atomic mass is 9.76. The van der Waals surface area contributed by atoms with Crippen LogP contribution in [0.3, 0.4) is 0 Å². The van der Waals surface area contributed by atoms with E-state index in [1.807, 2.05) is 6.07 Å². The van der Waals surface area contributed by atoms with Gasteiger partial charge in [0, 0.05) is 29.7 Å². The van der Waals surface area contributed by atoms with Crippen LogP contribution < -0.4 is 4.74 Å². The second-order valence-electron chi connectivity index (χ2n) is 7.51. The highest BCUT2D eigenvalue weighted by Crippen LogP contribution is 2.52. The number of fused-ring (bicyclic) bond motifs is 4. The molecule has 0 unspecified atom stereocenters. The summed E-state index contributed by atoms with van der Waals surface area (Å²) in [6.45, 7) is 3.87. The zero-order valence-corrected chi connectivity index (χ0v) is 14.2. The van der Waals surface area contributed by atoms with Gasteiger partial charge in [-0.1, -0.05) is 6.08 Å². The summed E-state index contributed by atoms with van der Waals surface area (Å²) in [7, 11) is 1.71. The molecule has 1 aromatic heterocycles. The number of Topliss-reactive ketones (excluding diaryl/α,β-unsaturated/α-hetero) is 1. The Hall–Kier alpha value is -2.07. The van der Waals surface area contributed by atoms with Gasteiger partial charge < -0.3 is 9.72 Å². The number of carbonyl (C=O) groups excluding carboxylic acids is 1. The average molecular weight is 322 g/mol. The highest BCUT2D eigenvalue weighted by atomic mass is 16.5. The lowest BCUT2D eigenvalue weighted by Crippen LogP contribution is -2.45. The Labute approximate surface area is 141 Å². The summed E-state index contributed by atoms with van der Waals surface area (Å²) in [4.78, 5) is 18.3. The van der Waals surface area contributed by atoms with Crippen molar-refractivity contribution < 1.29 is 9.53 Å². The summed E-state index contributed by atoms with van der Waals surface area (Å²) < 4.78 is 5.42. The molecule has 2 bridgehead atoms. The molecule has 0 radical (unpaired) electrons. The van der Waals surface area contributed by atoms with Crippen LogP contribution in [0, 0.1) is 5.92 Å². The number of benzene rings is 1. The molecule has 2 aliphatic heterocycles. The summed E-state index contributed by atoms with van der Waals surface area (Å²) in [5.74, 6) is 1.73. The van der Waals surface area contributed by atoms with E-state index in [2.05, 4.69) is 28.1 Å².